The molecule has 0 saturated carbocycles. The molecule has 132 valence electrons. The molecule has 0 aliphatic carbocycles. The molecular formula is C20H21N5O. The maximum atomic E-state index is 12.6. The van der Waals surface area contributed by atoms with Crippen molar-refractivity contribution < 1.29 is 4.79 Å². The second kappa shape index (κ2) is 6.29. The van der Waals surface area contributed by atoms with Crippen LogP contribution in [0.5, 0.6) is 0 Å². The van der Waals surface area contributed by atoms with Gasteiger partial charge in [-0.25, -0.2) is 4.68 Å². The highest BCUT2D eigenvalue weighted by Gasteiger charge is 2.16. The molecular weight excluding hydrogens is 326 g/mol. The largest absolute Gasteiger partial charge is 0.348 e. The summed E-state index contributed by atoms with van der Waals surface area (Å²) < 4.78 is 3.92. The van der Waals surface area contributed by atoms with Gasteiger partial charge in [0.1, 0.15) is 5.52 Å². The van der Waals surface area contributed by atoms with E-state index in [4.69, 9.17) is 0 Å². The van der Waals surface area contributed by atoms with Crippen molar-refractivity contribution in [2.24, 2.45) is 13.0 Å². The Morgan fingerprint density at radius 3 is 2.81 bits per heavy atom. The molecule has 26 heavy (non-hydrogen) atoms. The Hall–Kier alpha value is -3.15. The van der Waals surface area contributed by atoms with Crippen molar-refractivity contribution in [2.45, 2.75) is 20.4 Å². The maximum Gasteiger partial charge on any atom is 0.229 e. The van der Waals surface area contributed by atoms with Gasteiger partial charge in [-0.05, 0) is 43.3 Å². The summed E-state index contributed by atoms with van der Waals surface area (Å²) >= 11 is 0. The third-order valence-corrected chi connectivity index (χ3v) is 4.86. The summed E-state index contributed by atoms with van der Waals surface area (Å²) in [6.07, 6.45) is 0. The average Bonchev–Trinajstić information content (AvgIpc) is 3.16. The first-order valence-corrected chi connectivity index (χ1v) is 8.68. The smallest absolute Gasteiger partial charge is 0.229 e. The fourth-order valence-electron chi connectivity index (χ4n) is 3.23. The van der Waals surface area contributed by atoms with Crippen LogP contribution in [-0.4, -0.2) is 25.5 Å². The van der Waals surface area contributed by atoms with Crippen LogP contribution in [0.4, 0.5) is 5.69 Å². The lowest BCUT2D eigenvalue weighted by atomic mass is 10.1. The van der Waals surface area contributed by atoms with Gasteiger partial charge in [0, 0.05) is 29.3 Å². The Kier molecular flexibility index (Phi) is 3.95. The SMILES string of the molecule is Cc1cc2cc(NC(=O)C(C)Cn3nnc4ccccc43)ccc2n1C. The second-order valence-corrected chi connectivity index (χ2v) is 6.77. The van der Waals surface area contributed by atoms with Crippen molar-refractivity contribution in [1.29, 1.82) is 0 Å². The van der Waals surface area contributed by atoms with E-state index in [1.165, 1.54) is 5.69 Å². The van der Waals surface area contributed by atoms with Crippen LogP contribution in [0.25, 0.3) is 21.9 Å². The minimum Gasteiger partial charge on any atom is -0.348 e. The molecule has 1 N–H and O–H groups in total. The van der Waals surface area contributed by atoms with Gasteiger partial charge in [-0.15, -0.1) is 5.10 Å². The van der Waals surface area contributed by atoms with Gasteiger partial charge in [-0.1, -0.05) is 24.3 Å². The van der Waals surface area contributed by atoms with Crippen LogP contribution >= 0.6 is 0 Å². The first kappa shape index (κ1) is 16.3. The number of nitrogens with zero attached hydrogens (tertiary/aromatic N) is 4. The fraction of sp³-hybridized carbons (Fsp3) is 0.250. The van der Waals surface area contributed by atoms with Crippen molar-refractivity contribution >= 4 is 33.5 Å². The third-order valence-electron chi connectivity index (χ3n) is 4.86. The van der Waals surface area contributed by atoms with E-state index in [9.17, 15) is 4.79 Å². The molecule has 1 atom stereocenters. The lowest BCUT2D eigenvalue weighted by Gasteiger charge is -2.13. The summed E-state index contributed by atoms with van der Waals surface area (Å²) in [4.78, 5) is 12.6. The number of para-hydroxylation sites is 1. The number of carbonyl (C=O) groups excluding carboxylic acids is 1. The van der Waals surface area contributed by atoms with E-state index in [2.05, 4.69) is 33.2 Å². The highest BCUT2D eigenvalue weighted by molar-refractivity contribution is 5.95. The topological polar surface area (TPSA) is 64.7 Å². The van der Waals surface area contributed by atoms with Crippen molar-refractivity contribution in [2.75, 3.05) is 5.32 Å². The molecule has 4 aromatic rings. The summed E-state index contributed by atoms with van der Waals surface area (Å²) in [5, 5.41) is 12.4. The van der Waals surface area contributed by atoms with Crippen LogP contribution < -0.4 is 5.32 Å². The number of hydrogen-bond acceptors (Lipinski definition) is 3. The quantitative estimate of drug-likeness (QED) is 0.614. The molecule has 2 aromatic carbocycles. The first-order chi connectivity index (χ1) is 12.5. The van der Waals surface area contributed by atoms with Crippen molar-refractivity contribution in [3.05, 3.63) is 54.2 Å². The zero-order valence-electron chi connectivity index (χ0n) is 15.1. The summed E-state index contributed by atoms with van der Waals surface area (Å²) in [6, 6.07) is 15.9. The van der Waals surface area contributed by atoms with Crippen molar-refractivity contribution in [3.63, 3.8) is 0 Å². The summed E-state index contributed by atoms with van der Waals surface area (Å²) in [5.74, 6) is -0.259. The van der Waals surface area contributed by atoms with Gasteiger partial charge in [-0.2, -0.15) is 0 Å². The molecule has 6 heteroatoms. The number of anilines is 1. The predicted octanol–water partition coefficient (Wildman–Crippen LogP) is 3.51. The van der Waals surface area contributed by atoms with Gasteiger partial charge in [0.25, 0.3) is 0 Å². The minimum absolute atomic E-state index is 0.0309. The van der Waals surface area contributed by atoms with Crippen LogP contribution in [0, 0.1) is 12.8 Å². The van der Waals surface area contributed by atoms with Crippen LogP contribution in [0.1, 0.15) is 12.6 Å². The molecule has 1 amide bonds. The third kappa shape index (κ3) is 2.83. The van der Waals surface area contributed by atoms with Gasteiger partial charge in [0.05, 0.1) is 18.0 Å². The van der Waals surface area contributed by atoms with Crippen LogP contribution in [0.2, 0.25) is 0 Å². The zero-order valence-corrected chi connectivity index (χ0v) is 15.1. The number of fused-ring (bicyclic) bond motifs is 2. The molecule has 0 fully saturated rings. The second-order valence-electron chi connectivity index (χ2n) is 6.77. The number of rotatable bonds is 4. The summed E-state index contributed by atoms with van der Waals surface area (Å²) in [6.45, 7) is 4.46. The van der Waals surface area contributed by atoms with Crippen LogP contribution in [0.15, 0.2) is 48.5 Å². The number of benzene rings is 2. The lowest BCUT2D eigenvalue weighted by Crippen LogP contribution is -2.24. The molecule has 6 nitrogen and oxygen atoms in total. The molecule has 2 heterocycles. The standard InChI is InChI=1S/C20H21N5O/c1-13(12-25-19-7-5-4-6-17(19)22-23-25)20(26)21-16-8-9-18-15(11-16)10-14(2)24(18)3/h4-11,13H,12H2,1-3H3,(H,21,26). The van der Waals surface area contributed by atoms with Gasteiger partial charge >= 0.3 is 0 Å². The molecule has 4 rings (SSSR count). The van der Waals surface area contributed by atoms with Gasteiger partial charge in [0.15, 0.2) is 0 Å². The zero-order chi connectivity index (χ0) is 18.3. The molecule has 1 unspecified atom stereocenters. The lowest BCUT2D eigenvalue weighted by molar-refractivity contribution is -0.119. The van der Waals surface area contributed by atoms with Gasteiger partial charge in [0.2, 0.25) is 5.91 Å². The Morgan fingerprint density at radius 1 is 1.15 bits per heavy atom. The Balaban J connectivity index is 1.50. The monoisotopic (exact) mass is 347 g/mol. The van der Waals surface area contributed by atoms with E-state index in [1.807, 2.05) is 56.4 Å². The Morgan fingerprint density at radius 2 is 1.96 bits per heavy atom. The number of hydrogen-bond donors (Lipinski definition) is 1. The van der Waals surface area contributed by atoms with Gasteiger partial charge in [-0.3, -0.25) is 4.79 Å². The summed E-state index contributed by atoms with van der Waals surface area (Å²) in [7, 11) is 2.04. The number of aryl methyl sites for hydroxylation is 2. The van der Waals surface area contributed by atoms with Crippen molar-refractivity contribution in [1.82, 2.24) is 19.6 Å². The van der Waals surface area contributed by atoms with E-state index in [-0.39, 0.29) is 11.8 Å². The van der Waals surface area contributed by atoms with E-state index < -0.39 is 0 Å². The molecule has 0 saturated heterocycles. The maximum absolute atomic E-state index is 12.6. The molecule has 0 aliphatic rings. The number of nitrogens with one attached hydrogen (secondary N) is 1. The minimum atomic E-state index is -0.228. The van der Waals surface area contributed by atoms with Crippen LogP contribution in [0.3, 0.4) is 0 Å². The first-order valence-electron chi connectivity index (χ1n) is 8.68. The fourth-order valence-corrected chi connectivity index (χ4v) is 3.23. The van der Waals surface area contributed by atoms with E-state index in [0.717, 1.165) is 27.6 Å². The van der Waals surface area contributed by atoms with Crippen molar-refractivity contribution in [3.8, 4) is 0 Å². The highest BCUT2D eigenvalue weighted by Crippen LogP contribution is 2.23. The van der Waals surface area contributed by atoms with Gasteiger partial charge < -0.3 is 9.88 Å². The Labute approximate surface area is 151 Å². The normalized spacial score (nSPS) is 12.6. The molecule has 0 aliphatic heterocycles. The number of carbonyl (C=O) groups is 1. The molecule has 0 spiro atoms. The van der Waals surface area contributed by atoms with E-state index >= 15 is 0 Å². The predicted molar refractivity (Wildman–Crippen MR) is 103 cm³/mol. The number of amides is 1. The molecule has 0 radical (unpaired) electrons. The highest BCUT2D eigenvalue weighted by atomic mass is 16.1. The number of aromatic nitrogens is 4. The average molecular weight is 347 g/mol. The molecule has 2 aromatic heterocycles. The summed E-state index contributed by atoms with van der Waals surface area (Å²) in [5.41, 5.74) is 4.93. The van der Waals surface area contributed by atoms with Crippen LogP contribution in [-0.2, 0) is 18.4 Å². The van der Waals surface area contributed by atoms with E-state index in [0.29, 0.717) is 6.54 Å². The van der Waals surface area contributed by atoms with E-state index in [1.54, 1.807) is 4.68 Å². The Bertz CT molecular complexity index is 1110. The molecule has 0 bridgehead atoms.